The highest BCUT2D eigenvalue weighted by atomic mass is 16.5. The monoisotopic (exact) mass is 307 g/mol. The van der Waals surface area contributed by atoms with Crippen LogP contribution in [-0.4, -0.2) is 34.3 Å². The van der Waals surface area contributed by atoms with Crippen LogP contribution in [0.4, 0.5) is 4.79 Å². The van der Waals surface area contributed by atoms with Gasteiger partial charge in [-0.1, -0.05) is 30.3 Å². The number of carboxylic acids is 2. The topological polar surface area (TPSA) is 113 Å². The van der Waals surface area contributed by atoms with E-state index in [-0.39, 0.29) is 18.9 Å². The number of benzene rings is 1. The number of aliphatic carboxylic acids is 2. The van der Waals surface area contributed by atoms with Gasteiger partial charge in [-0.05, 0) is 24.3 Å². The van der Waals surface area contributed by atoms with Crippen molar-refractivity contribution < 1.29 is 29.3 Å². The fourth-order valence-corrected chi connectivity index (χ4v) is 2.24. The van der Waals surface area contributed by atoms with E-state index < -0.39 is 30.0 Å². The number of nitrogens with one attached hydrogen (secondary N) is 1. The fraction of sp³-hybridized carbons (Fsp3) is 0.400. The number of amides is 1. The minimum atomic E-state index is -1.20. The molecule has 0 radical (unpaired) electrons. The van der Waals surface area contributed by atoms with Crippen molar-refractivity contribution in [3.63, 3.8) is 0 Å². The summed E-state index contributed by atoms with van der Waals surface area (Å²) in [6.45, 7) is 0.0419. The molecule has 1 aliphatic carbocycles. The highest BCUT2D eigenvalue weighted by Gasteiger charge is 2.45. The zero-order chi connectivity index (χ0) is 16.1. The van der Waals surface area contributed by atoms with Gasteiger partial charge in [0, 0.05) is 0 Å². The SMILES string of the molecule is O=C(NC(CC1CC1C(=O)O)C(=O)O)OCc1ccccc1. The largest absolute Gasteiger partial charge is 0.481 e. The third kappa shape index (κ3) is 4.47. The van der Waals surface area contributed by atoms with Crippen LogP contribution in [-0.2, 0) is 20.9 Å². The molecule has 7 nitrogen and oxygen atoms in total. The van der Waals surface area contributed by atoms with Crippen LogP contribution in [0.5, 0.6) is 0 Å². The summed E-state index contributed by atoms with van der Waals surface area (Å²) in [7, 11) is 0. The molecule has 1 fully saturated rings. The molecule has 118 valence electrons. The van der Waals surface area contributed by atoms with E-state index in [2.05, 4.69) is 5.32 Å². The van der Waals surface area contributed by atoms with Crippen molar-refractivity contribution in [1.82, 2.24) is 5.32 Å². The average molecular weight is 307 g/mol. The van der Waals surface area contributed by atoms with Gasteiger partial charge in [0.25, 0.3) is 0 Å². The van der Waals surface area contributed by atoms with Crippen molar-refractivity contribution in [3.8, 4) is 0 Å². The highest BCUT2D eigenvalue weighted by Crippen LogP contribution is 2.42. The Morgan fingerprint density at radius 1 is 1.23 bits per heavy atom. The summed E-state index contributed by atoms with van der Waals surface area (Å²) in [4.78, 5) is 33.5. The third-order valence-electron chi connectivity index (χ3n) is 3.58. The number of carbonyl (C=O) groups excluding carboxylic acids is 1. The van der Waals surface area contributed by atoms with Crippen LogP contribution < -0.4 is 5.32 Å². The Hall–Kier alpha value is -2.57. The Morgan fingerprint density at radius 3 is 2.45 bits per heavy atom. The molecule has 3 unspecified atom stereocenters. The summed E-state index contributed by atoms with van der Waals surface area (Å²) in [6, 6.07) is 7.86. The molecule has 1 aliphatic rings. The molecule has 0 spiro atoms. The zero-order valence-corrected chi connectivity index (χ0v) is 11.8. The van der Waals surface area contributed by atoms with Gasteiger partial charge < -0.3 is 20.3 Å². The van der Waals surface area contributed by atoms with E-state index in [9.17, 15) is 14.4 Å². The molecule has 1 saturated carbocycles. The van der Waals surface area contributed by atoms with Crippen molar-refractivity contribution in [1.29, 1.82) is 0 Å². The van der Waals surface area contributed by atoms with Gasteiger partial charge in [0.05, 0.1) is 5.92 Å². The van der Waals surface area contributed by atoms with Gasteiger partial charge in [0.15, 0.2) is 0 Å². The average Bonchev–Trinajstić information content (AvgIpc) is 3.25. The Labute approximate surface area is 126 Å². The first-order chi connectivity index (χ1) is 10.5. The quantitative estimate of drug-likeness (QED) is 0.703. The Kier molecular flexibility index (Phi) is 4.98. The van der Waals surface area contributed by atoms with Crippen LogP contribution in [0.2, 0.25) is 0 Å². The molecular formula is C15H17NO6. The van der Waals surface area contributed by atoms with Crippen LogP contribution in [0.25, 0.3) is 0 Å². The van der Waals surface area contributed by atoms with Gasteiger partial charge in [-0.2, -0.15) is 0 Å². The van der Waals surface area contributed by atoms with Crippen LogP contribution >= 0.6 is 0 Å². The van der Waals surface area contributed by atoms with E-state index in [1.54, 1.807) is 24.3 Å². The number of alkyl carbamates (subject to hydrolysis) is 1. The van der Waals surface area contributed by atoms with E-state index in [1.807, 2.05) is 6.07 Å². The predicted molar refractivity (Wildman–Crippen MR) is 75.0 cm³/mol. The molecule has 0 aromatic heterocycles. The number of hydrogen-bond donors (Lipinski definition) is 3. The molecule has 0 heterocycles. The lowest BCUT2D eigenvalue weighted by molar-refractivity contribution is -0.141. The lowest BCUT2D eigenvalue weighted by Gasteiger charge is -2.14. The maximum absolute atomic E-state index is 11.6. The first-order valence-corrected chi connectivity index (χ1v) is 6.90. The standard InChI is InChI=1S/C15H17NO6/c17-13(18)11-6-10(11)7-12(14(19)20)16-15(21)22-8-9-4-2-1-3-5-9/h1-5,10-12H,6-8H2,(H,16,21)(H,17,18)(H,19,20). The Balaban J connectivity index is 1.79. The van der Waals surface area contributed by atoms with E-state index >= 15 is 0 Å². The molecular weight excluding hydrogens is 290 g/mol. The van der Waals surface area contributed by atoms with E-state index in [4.69, 9.17) is 14.9 Å². The highest BCUT2D eigenvalue weighted by molar-refractivity contribution is 5.80. The van der Waals surface area contributed by atoms with Crippen molar-refractivity contribution >= 4 is 18.0 Å². The summed E-state index contributed by atoms with van der Waals surface area (Å²) in [5.41, 5.74) is 0.789. The molecule has 3 atom stereocenters. The first kappa shape index (κ1) is 15.8. The molecule has 2 rings (SSSR count). The van der Waals surface area contributed by atoms with Crippen molar-refractivity contribution in [3.05, 3.63) is 35.9 Å². The molecule has 7 heteroatoms. The minimum absolute atomic E-state index is 0.0419. The zero-order valence-electron chi connectivity index (χ0n) is 11.8. The number of rotatable bonds is 7. The van der Waals surface area contributed by atoms with Crippen LogP contribution in [0, 0.1) is 11.8 Å². The summed E-state index contributed by atoms with van der Waals surface area (Å²) >= 11 is 0. The van der Waals surface area contributed by atoms with Gasteiger partial charge >= 0.3 is 18.0 Å². The molecule has 0 saturated heterocycles. The number of carboxylic acid groups (broad SMARTS) is 2. The van der Waals surface area contributed by atoms with Crippen molar-refractivity contribution in [2.24, 2.45) is 11.8 Å². The summed E-state index contributed by atoms with van der Waals surface area (Å²) in [5.74, 6) is -2.86. The molecule has 3 N–H and O–H groups in total. The first-order valence-electron chi connectivity index (χ1n) is 6.90. The Bertz CT molecular complexity index is 558. The number of hydrogen-bond acceptors (Lipinski definition) is 4. The van der Waals surface area contributed by atoms with Crippen LogP contribution in [0.15, 0.2) is 30.3 Å². The van der Waals surface area contributed by atoms with Gasteiger partial charge in [-0.15, -0.1) is 0 Å². The molecule has 22 heavy (non-hydrogen) atoms. The van der Waals surface area contributed by atoms with E-state index in [1.165, 1.54) is 0 Å². The normalized spacial score (nSPS) is 20.7. The van der Waals surface area contributed by atoms with Crippen molar-refractivity contribution in [2.75, 3.05) is 0 Å². The van der Waals surface area contributed by atoms with E-state index in [0.29, 0.717) is 6.42 Å². The van der Waals surface area contributed by atoms with Gasteiger partial charge in [0.2, 0.25) is 0 Å². The lowest BCUT2D eigenvalue weighted by atomic mass is 10.1. The summed E-state index contributed by atoms with van der Waals surface area (Å²) in [6.07, 6.45) is -0.296. The second-order valence-electron chi connectivity index (χ2n) is 5.27. The lowest BCUT2D eigenvalue weighted by Crippen LogP contribution is -2.41. The van der Waals surface area contributed by atoms with Crippen LogP contribution in [0.1, 0.15) is 18.4 Å². The van der Waals surface area contributed by atoms with E-state index in [0.717, 1.165) is 5.56 Å². The van der Waals surface area contributed by atoms with Crippen molar-refractivity contribution in [2.45, 2.75) is 25.5 Å². The molecule has 0 bridgehead atoms. The Morgan fingerprint density at radius 2 is 1.91 bits per heavy atom. The van der Waals surface area contributed by atoms with Gasteiger partial charge in [0.1, 0.15) is 12.6 Å². The molecule has 1 aromatic carbocycles. The summed E-state index contributed by atoms with van der Waals surface area (Å²) in [5, 5.41) is 20.2. The van der Waals surface area contributed by atoms with Crippen LogP contribution in [0.3, 0.4) is 0 Å². The number of ether oxygens (including phenoxy) is 1. The predicted octanol–water partition coefficient (Wildman–Crippen LogP) is 1.48. The smallest absolute Gasteiger partial charge is 0.408 e. The number of carbonyl (C=O) groups is 3. The fourth-order valence-electron chi connectivity index (χ4n) is 2.24. The van der Waals surface area contributed by atoms with Gasteiger partial charge in [-0.25, -0.2) is 9.59 Å². The molecule has 1 aromatic rings. The summed E-state index contributed by atoms with van der Waals surface area (Å²) < 4.78 is 4.96. The third-order valence-corrected chi connectivity index (χ3v) is 3.58. The second-order valence-corrected chi connectivity index (χ2v) is 5.27. The maximum Gasteiger partial charge on any atom is 0.408 e. The maximum atomic E-state index is 11.6. The van der Waals surface area contributed by atoms with Gasteiger partial charge in [-0.3, -0.25) is 4.79 Å². The second kappa shape index (κ2) is 6.93. The molecule has 0 aliphatic heterocycles. The molecule has 1 amide bonds. The minimum Gasteiger partial charge on any atom is -0.481 e.